The molecule has 0 spiro atoms. The van der Waals surface area contributed by atoms with Crippen molar-refractivity contribution >= 4 is 16.6 Å². The van der Waals surface area contributed by atoms with Crippen molar-refractivity contribution in [2.24, 2.45) is 10.9 Å². The molecule has 3 aromatic rings. The zero-order valence-corrected chi connectivity index (χ0v) is 12.9. The summed E-state index contributed by atoms with van der Waals surface area (Å²) in [6.45, 7) is 4.05. The Labute approximate surface area is 133 Å². The molecule has 0 saturated heterocycles. The summed E-state index contributed by atoms with van der Waals surface area (Å²) in [5.41, 5.74) is 4.75. The van der Waals surface area contributed by atoms with Crippen LogP contribution in [0.25, 0.3) is 10.9 Å². The quantitative estimate of drug-likeness (QED) is 0.294. The smallest absolute Gasteiger partial charge is 0.158 e. The summed E-state index contributed by atoms with van der Waals surface area (Å²) >= 11 is 0. The van der Waals surface area contributed by atoms with E-state index in [9.17, 15) is 10.2 Å². The SMILES string of the molecule is Cc1ccc2nc(/C(=N/N)c3ccc(O)c(O)c3)cc(C)c2c1. The summed E-state index contributed by atoms with van der Waals surface area (Å²) in [6.07, 6.45) is 0. The molecule has 0 bridgehead atoms. The molecule has 4 N–H and O–H groups in total. The van der Waals surface area contributed by atoms with E-state index in [0.29, 0.717) is 17.0 Å². The first kappa shape index (κ1) is 14.8. The Bertz CT molecular complexity index is 933. The Kier molecular flexibility index (Phi) is 3.62. The van der Waals surface area contributed by atoms with Gasteiger partial charge in [0.1, 0.15) is 5.71 Å². The van der Waals surface area contributed by atoms with Crippen molar-refractivity contribution in [3.63, 3.8) is 0 Å². The summed E-state index contributed by atoms with van der Waals surface area (Å²) in [7, 11) is 0. The Morgan fingerprint density at radius 2 is 1.78 bits per heavy atom. The highest BCUT2D eigenvalue weighted by Gasteiger charge is 2.13. The number of rotatable bonds is 2. The minimum atomic E-state index is -0.225. The normalized spacial score (nSPS) is 11.8. The highest BCUT2D eigenvalue weighted by atomic mass is 16.3. The van der Waals surface area contributed by atoms with E-state index in [1.54, 1.807) is 6.07 Å². The number of aryl methyl sites for hydroxylation is 2. The maximum absolute atomic E-state index is 9.68. The van der Waals surface area contributed by atoms with Gasteiger partial charge in [-0.15, -0.1) is 0 Å². The molecule has 0 fully saturated rings. The molecule has 2 aromatic carbocycles. The van der Waals surface area contributed by atoms with Crippen LogP contribution in [-0.4, -0.2) is 20.9 Å². The molecule has 0 radical (unpaired) electrons. The fourth-order valence-corrected chi connectivity index (χ4v) is 2.59. The molecule has 116 valence electrons. The number of aromatic hydroxyl groups is 2. The average Bonchev–Trinajstić information content (AvgIpc) is 2.52. The van der Waals surface area contributed by atoms with Crippen LogP contribution in [0.15, 0.2) is 47.6 Å². The van der Waals surface area contributed by atoms with Crippen molar-refractivity contribution in [1.29, 1.82) is 0 Å². The molecule has 1 aromatic heterocycles. The van der Waals surface area contributed by atoms with Gasteiger partial charge in [-0.25, -0.2) is 4.98 Å². The van der Waals surface area contributed by atoms with E-state index < -0.39 is 0 Å². The second-order valence-electron chi connectivity index (χ2n) is 5.53. The maximum atomic E-state index is 9.68. The third-order valence-corrected chi connectivity index (χ3v) is 3.79. The van der Waals surface area contributed by atoms with Crippen LogP contribution in [0.2, 0.25) is 0 Å². The van der Waals surface area contributed by atoms with Crippen molar-refractivity contribution in [2.45, 2.75) is 13.8 Å². The van der Waals surface area contributed by atoms with Gasteiger partial charge in [0, 0.05) is 10.9 Å². The first-order chi connectivity index (χ1) is 11.0. The molecule has 5 heteroatoms. The predicted octanol–water partition coefficient (Wildman–Crippen LogP) is 2.97. The largest absolute Gasteiger partial charge is 0.504 e. The Balaban J connectivity index is 2.17. The molecular weight excluding hydrogens is 290 g/mol. The summed E-state index contributed by atoms with van der Waals surface area (Å²) in [5, 5.41) is 24.0. The summed E-state index contributed by atoms with van der Waals surface area (Å²) in [5.74, 6) is 5.13. The molecule has 5 nitrogen and oxygen atoms in total. The predicted molar refractivity (Wildman–Crippen MR) is 90.8 cm³/mol. The molecule has 0 aliphatic carbocycles. The van der Waals surface area contributed by atoms with E-state index >= 15 is 0 Å². The number of hydrazone groups is 1. The number of hydrogen-bond acceptors (Lipinski definition) is 5. The van der Waals surface area contributed by atoms with E-state index in [4.69, 9.17) is 5.84 Å². The number of nitrogens with zero attached hydrogens (tertiary/aromatic N) is 2. The maximum Gasteiger partial charge on any atom is 0.158 e. The van der Waals surface area contributed by atoms with E-state index in [1.807, 2.05) is 32.0 Å². The van der Waals surface area contributed by atoms with E-state index in [1.165, 1.54) is 17.7 Å². The van der Waals surface area contributed by atoms with Crippen LogP contribution in [-0.2, 0) is 0 Å². The molecule has 0 amide bonds. The first-order valence-corrected chi connectivity index (χ1v) is 7.18. The number of benzene rings is 2. The van der Waals surface area contributed by atoms with Gasteiger partial charge in [-0.05, 0) is 55.8 Å². The van der Waals surface area contributed by atoms with Crippen LogP contribution in [0.3, 0.4) is 0 Å². The molecule has 0 atom stereocenters. The number of phenols is 2. The Hall–Kier alpha value is -3.08. The lowest BCUT2D eigenvalue weighted by Gasteiger charge is -2.10. The molecule has 0 unspecified atom stereocenters. The van der Waals surface area contributed by atoms with Crippen LogP contribution < -0.4 is 5.84 Å². The van der Waals surface area contributed by atoms with Crippen LogP contribution in [0, 0.1) is 13.8 Å². The third kappa shape index (κ3) is 2.68. The number of aromatic nitrogens is 1. The van der Waals surface area contributed by atoms with Crippen molar-refractivity contribution in [2.75, 3.05) is 0 Å². The topological polar surface area (TPSA) is 91.7 Å². The number of pyridine rings is 1. The van der Waals surface area contributed by atoms with Crippen LogP contribution in [0.4, 0.5) is 0 Å². The lowest BCUT2D eigenvalue weighted by molar-refractivity contribution is 0.403. The number of phenolic OH excluding ortho intramolecular Hbond substituents is 2. The molecule has 23 heavy (non-hydrogen) atoms. The van der Waals surface area contributed by atoms with Crippen LogP contribution >= 0.6 is 0 Å². The van der Waals surface area contributed by atoms with Gasteiger partial charge in [-0.3, -0.25) is 0 Å². The second-order valence-corrected chi connectivity index (χ2v) is 5.53. The van der Waals surface area contributed by atoms with Crippen molar-refractivity contribution in [3.05, 3.63) is 64.8 Å². The van der Waals surface area contributed by atoms with Gasteiger partial charge < -0.3 is 16.1 Å². The van der Waals surface area contributed by atoms with Gasteiger partial charge in [0.2, 0.25) is 0 Å². The summed E-state index contributed by atoms with van der Waals surface area (Å²) in [6, 6.07) is 12.4. The molecule has 0 aliphatic rings. The van der Waals surface area contributed by atoms with Gasteiger partial charge in [0.05, 0.1) is 11.2 Å². The molecule has 3 rings (SSSR count). The Morgan fingerprint density at radius 1 is 1.00 bits per heavy atom. The van der Waals surface area contributed by atoms with Crippen molar-refractivity contribution in [3.8, 4) is 11.5 Å². The summed E-state index contributed by atoms with van der Waals surface area (Å²) in [4.78, 5) is 4.62. The fraction of sp³-hybridized carbons (Fsp3) is 0.111. The monoisotopic (exact) mass is 307 g/mol. The first-order valence-electron chi connectivity index (χ1n) is 7.18. The van der Waals surface area contributed by atoms with Gasteiger partial charge in [-0.1, -0.05) is 11.6 Å². The van der Waals surface area contributed by atoms with Crippen LogP contribution in [0.1, 0.15) is 22.4 Å². The van der Waals surface area contributed by atoms with Gasteiger partial charge in [0.25, 0.3) is 0 Å². The minimum Gasteiger partial charge on any atom is -0.504 e. The van der Waals surface area contributed by atoms with E-state index in [0.717, 1.165) is 16.5 Å². The van der Waals surface area contributed by atoms with Crippen molar-refractivity contribution in [1.82, 2.24) is 4.98 Å². The lowest BCUT2D eigenvalue weighted by atomic mass is 10.0. The summed E-state index contributed by atoms with van der Waals surface area (Å²) < 4.78 is 0. The Morgan fingerprint density at radius 3 is 2.48 bits per heavy atom. The third-order valence-electron chi connectivity index (χ3n) is 3.79. The highest BCUT2D eigenvalue weighted by Crippen LogP contribution is 2.27. The highest BCUT2D eigenvalue weighted by molar-refractivity contribution is 6.12. The molecule has 0 saturated carbocycles. The van der Waals surface area contributed by atoms with E-state index in [-0.39, 0.29) is 11.5 Å². The van der Waals surface area contributed by atoms with Crippen molar-refractivity contribution < 1.29 is 10.2 Å². The lowest BCUT2D eigenvalue weighted by Crippen LogP contribution is -2.09. The number of hydrogen-bond donors (Lipinski definition) is 3. The molecule has 1 heterocycles. The second kappa shape index (κ2) is 5.61. The zero-order valence-electron chi connectivity index (χ0n) is 12.9. The average molecular weight is 307 g/mol. The fourth-order valence-electron chi connectivity index (χ4n) is 2.59. The zero-order chi connectivity index (χ0) is 16.6. The standard InChI is InChI=1S/C18H17N3O2/c1-10-3-5-14-13(7-10)11(2)8-15(20-14)18(21-19)12-4-6-16(22)17(23)9-12/h3-9,22-23H,19H2,1-2H3/b21-18+. The van der Waals surface area contributed by atoms with E-state index in [2.05, 4.69) is 16.2 Å². The van der Waals surface area contributed by atoms with Gasteiger partial charge in [0.15, 0.2) is 11.5 Å². The number of nitrogens with two attached hydrogens (primary N) is 1. The molecular formula is C18H17N3O2. The van der Waals surface area contributed by atoms with Gasteiger partial charge in [-0.2, -0.15) is 5.10 Å². The van der Waals surface area contributed by atoms with Crippen LogP contribution in [0.5, 0.6) is 11.5 Å². The minimum absolute atomic E-state index is 0.191. The molecule has 0 aliphatic heterocycles. The van der Waals surface area contributed by atoms with Gasteiger partial charge >= 0.3 is 0 Å². The number of fused-ring (bicyclic) bond motifs is 1.